The summed E-state index contributed by atoms with van der Waals surface area (Å²) in [6.07, 6.45) is 10.6. The molecule has 1 aliphatic carbocycles. The van der Waals surface area contributed by atoms with Crippen LogP contribution >= 0.6 is 0 Å². The number of benzene rings is 1. The van der Waals surface area contributed by atoms with Gasteiger partial charge >= 0.3 is 0 Å². The van der Waals surface area contributed by atoms with Gasteiger partial charge in [0.1, 0.15) is 0 Å². The molecule has 0 heteroatoms. The van der Waals surface area contributed by atoms with Gasteiger partial charge in [0.2, 0.25) is 0 Å². The highest BCUT2D eigenvalue weighted by molar-refractivity contribution is 5.74. The van der Waals surface area contributed by atoms with Crippen molar-refractivity contribution in [1.29, 1.82) is 0 Å². The number of rotatable bonds is 5. The Labute approximate surface area is 125 Å². The first-order valence-corrected chi connectivity index (χ1v) is 7.81. The van der Waals surface area contributed by atoms with Crippen LogP contribution in [-0.4, -0.2) is 0 Å². The number of aryl methyl sites for hydroxylation is 2. The third kappa shape index (κ3) is 5.77. The van der Waals surface area contributed by atoms with E-state index in [0.29, 0.717) is 0 Å². The fourth-order valence-corrected chi connectivity index (χ4v) is 2.30. The molecule has 1 radical (unpaired) electrons. The van der Waals surface area contributed by atoms with Crippen LogP contribution < -0.4 is 0 Å². The summed E-state index contributed by atoms with van der Waals surface area (Å²) in [6.45, 7) is 12.4. The highest BCUT2D eigenvalue weighted by atomic mass is 14.2. The van der Waals surface area contributed by atoms with E-state index in [1.807, 2.05) is 6.08 Å². The van der Waals surface area contributed by atoms with Crippen molar-refractivity contribution in [3.05, 3.63) is 59.5 Å². The SMILES string of the molecule is C=CCCCCC.CC(=C1[CH]C1)c1ccc(C)cc1C. The monoisotopic (exact) mass is 269 g/mol. The molecule has 0 spiro atoms. The molecule has 0 saturated heterocycles. The lowest BCUT2D eigenvalue weighted by atomic mass is 9.99. The zero-order valence-corrected chi connectivity index (χ0v) is 13.6. The van der Waals surface area contributed by atoms with Crippen molar-refractivity contribution in [2.75, 3.05) is 0 Å². The highest BCUT2D eigenvalue weighted by Gasteiger charge is 2.16. The standard InChI is InChI=1S/C13H15.C7H14/c1-9-4-7-13(10(2)8-9)11(3)12-5-6-12;1-3-5-7-6-4-2/h4-5,7-8H,6H2,1-3H3;3H,1,4-7H2,2H3. The number of hydrogen-bond donors (Lipinski definition) is 0. The number of hydrogen-bond acceptors (Lipinski definition) is 0. The second-order valence-electron chi connectivity index (χ2n) is 5.66. The van der Waals surface area contributed by atoms with Gasteiger partial charge in [-0.3, -0.25) is 0 Å². The van der Waals surface area contributed by atoms with E-state index in [1.165, 1.54) is 59.9 Å². The van der Waals surface area contributed by atoms with Gasteiger partial charge < -0.3 is 0 Å². The van der Waals surface area contributed by atoms with Crippen LogP contribution in [0.25, 0.3) is 5.57 Å². The van der Waals surface area contributed by atoms with Gasteiger partial charge in [0.25, 0.3) is 0 Å². The van der Waals surface area contributed by atoms with Crippen LogP contribution in [0.5, 0.6) is 0 Å². The summed E-state index contributed by atoms with van der Waals surface area (Å²) in [4.78, 5) is 0. The Morgan fingerprint density at radius 3 is 2.45 bits per heavy atom. The van der Waals surface area contributed by atoms with Crippen molar-refractivity contribution in [2.45, 2.75) is 59.8 Å². The minimum absolute atomic E-state index is 1.19. The minimum atomic E-state index is 1.19. The summed E-state index contributed by atoms with van der Waals surface area (Å²) in [5.74, 6) is 0. The Bertz CT molecular complexity index is 457. The lowest BCUT2D eigenvalue weighted by Crippen LogP contribution is -1.86. The van der Waals surface area contributed by atoms with Crippen LogP contribution in [0.4, 0.5) is 0 Å². The Hall–Kier alpha value is -1.30. The average molecular weight is 269 g/mol. The van der Waals surface area contributed by atoms with Crippen molar-refractivity contribution >= 4 is 5.57 Å². The maximum atomic E-state index is 3.63. The molecule has 20 heavy (non-hydrogen) atoms. The van der Waals surface area contributed by atoms with Crippen LogP contribution in [0.3, 0.4) is 0 Å². The van der Waals surface area contributed by atoms with E-state index in [-0.39, 0.29) is 0 Å². The first kappa shape index (κ1) is 16.8. The van der Waals surface area contributed by atoms with Gasteiger partial charge in [-0.1, -0.05) is 55.2 Å². The molecule has 0 amide bonds. The molecule has 2 rings (SSSR count). The zero-order chi connectivity index (χ0) is 15.0. The van der Waals surface area contributed by atoms with Crippen LogP contribution in [0.1, 0.15) is 62.6 Å². The molecule has 1 saturated carbocycles. The van der Waals surface area contributed by atoms with Gasteiger partial charge in [-0.15, -0.1) is 6.58 Å². The van der Waals surface area contributed by atoms with Gasteiger partial charge in [0, 0.05) is 0 Å². The third-order valence-corrected chi connectivity index (χ3v) is 3.69. The van der Waals surface area contributed by atoms with Gasteiger partial charge in [-0.2, -0.15) is 0 Å². The Kier molecular flexibility index (Phi) is 7.36. The Morgan fingerprint density at radius 2 is 1.95 bits per heavy atom. The van der Waals surface area contributed by atoms with Gasteiger partial charge in [0.15, 0.2) is 0 Å². The fraction of sp³-hybridized carbons (Fsp3) is 0.450. The van der Waals surface area contributed by atoms with Crippen molar-refractivity contribution in [3.63, 3.8) is 0 Å². The Morgan fingerprint density at radius 1 is 1.25 bits per heavy atom. The summed E-state index contributed by atoms with van der Waals surface area (Å²) in [7, 11) is 0. The van der Waals surface area contributed by atoms with E-state index in [4.69, 9.17) is 0 Å². The largest absolute Gasteiger partial charge is 0.103 e. The second kappa shape index (κ2) is 8.79. The normalized spacial score (nSPS) is 15.2. The molecular weight excluding hydrogens is 240 g/mol. The molecule has 0 N–H and O–H groups in total. The smallest absolute Gasteiger partial charge is 0.00906 e. The van der Waals surface area contributed by atoms with E-state index in [0.717, 1.165) is 0 Å². The average Bonchev–Trinajstić information content (AvgIpc) is 3.24. The highest BCUT2D eigenvalue weighted by Crippen LogP contribution is 2.35. The first-order valence-electron chi connectivity index (χ1n) is 7.81. The van der Waals surface area contributed by atoms with Crippen LogP contribution in [0, 0.1) is 20.3 Å². The van der Waals surface area contributed by atoms with Crippen molar-refractivity contribution in [2.24, 2.45) is 0 Å². The van der Waals surface area contributed by atoms with Crippen molar-refractivity contribution < 1.29 is 0 Å². The lowest BCUT2D eigenvalue weighted by Gasteiger charge is -2.06. The van der Waals surface area contributed by atoms with Gasteiger partial charge in [-0.05, 0) is 63.2 Å². The zero-order valence-electron chi connectivity index (χ0n) is 13.6. The first-order chi connectivity index (χ1) is 9.60. The summed E-state index contributed by atoms with van der Waals surface area (Å²) in [5.41, 5.74) is 7.13. The Balaban J connectivity index is 0.000000246. The second-order valence-corrected chi connectivity index (χ2v) is 5.66. The maximum absolute atomic E-state index is 3.63. The van der Waals surface area contributed by atoms with E-state index in [2.05, 4.69) is 58.9 Å². The fourth-order valence-electron chi connectivity index (χ4n) is 2.30. The third-order valence-electron chi connectivity index (χ3n) is 3.69. The molecule has 0 unspecified atom stereocenters. The van der Waals surface area contributed by atoms with Crippen LogP contribution in [0.15, 0.2) is 36.4 Å². The predicted molar refractivity (Wildman–Crippen MR) is 91.8 cm³/mol. The predicted octanol–water partition coefficient (Wildman–Crippen LogP) is 6.44. The lowest BCUT2D eigenvalue weighted by molar-refractivity contribution is 0.730. The summed E-state index contributed by atoms with van der Waals surface area (Å²) in [5, 5.41) is 0. The topological polar surface area (TPSA) is 0 Å². The van der Waals surface area contributed by atoms with Gasteiger partial charge in [-0.25, -0.2) is 0 Å². The molecule has 1 aromatic rings. The molecule has 0 atom stereocenters. The van der Waals surface area contributed by atoms with Crippen LogP contribution in [0.2, 0.25) is 0 Å². The molecule has 109 valence electrons. The molecule has 1 fully saturated rings. The van der Waals surface area contributed by atoms with Crippen molar-refractivity contribution in [3.8, 4) is 0 Å². The molecular formula is C20H29. The van der Waals surface area contributed by atoms with Gasteiger partial charge in [0.05, 0.1) is 0 Å². The molecule has 0 nitrogen and oxygen atoms in total. The van der Waals surface area contributed by atoms with E-state index >= 15 is 0 Å². The maximum Gasteiger partial charge on any atom is -0.00906 e. The van der Waals surface area contributed by atoms with E-state index in [9.17, 15) is 0 Å². The molecule has 0 heterocycles. The molecule has 0 aliphatic heterocycles. The van der Waals surface area contributed by atoms with Crippen molar-refractivity contribution in [1.82, 2.24) is 0 Å². The molecule has 1 aliphatic rings. The summed E-state index contributed by atoms with van der Waals surface area (Å²) in [6, 6.07) is 6.68. The number of allylic oxidation sites excluding steroid dienone is 3. The minimum Gasteiger partial charge on any atom is -0.103 e. The van der Waals surface area contributed by atoms with Crippen LogP contribution in [-0.2, 0) is 0 Å². The van der Waals surface area contributed by atoms with E-state index < -0.39 is 0 Å². The molecule has 1 aromatic carbocycles. The number of unbranched alkanes of at least 4 members (excludes halogenated alkanes) is 3. The molecule has 0 aromatic heterocycles. The van der Waals surface area contributed by atoms with E-state index in [1.54, 1.807) is 0 Å². The molecule has 0 bridgehead atoms. The summed E-state index contributed by atoms with van der Waals surface area (Å²) < 4.78 is 0. The quantitative estimate of drug-likeness (QED) is 0.426. The summed E-state index contributed by atoms with van der Waals surface area (Å²) >= 11 is 0.